The van der Waals surface area contributed by atoms with Gasteiger partial charge in [-0.3, -0.25) is 15.0 Å². The highest BCUT2D eigenvalue weighted by atomic mass is 32.2. The summed E-state index contributed by atoms with van der Waals surface area (Å²) in [6.45, 7) is 10.9. The molecule has 0 aliphatic carbocycles. The Morgan fingerprint density at radius 1 is 1.29 bits per heavy atom. The molecule has 2 fully saturated rings. The van der Waals surface area contributed by atoms with Crippen molar-refractivity contribution < 1.29 is 4.79 Å². The molecule has 0 bridgehead atoms. The van der Waals surface area contributed by atoms with E-state index in [2.05, 4.69) is 35.9 Å². The fraction of sp³-hybridized carbons (Fsp3) is 0.938. The molecule has 1 amide bonds. The lowest BCUT2D eigenvalue weighted by atomic mass is 10.1. The van der Waals surface area contributed by atoms with E-state index in [0.29, 0.717) is 11.8 Å². The molecular formula is C16H31N3OS. The lowest BCUT2D eigenvalue weighted by Gasteiger charge is -2.31. The Kier molecular flexibility index (Phi) is 6.83. The number of nitrogens with one attached hydrogen (secondary N) is 1. The molecule has 0 aromatic heterocycles. The van der Waals surface area contributed by atoms with Crippen LogP contribution in [0.15, 0.2) is 0 Å². The van der Waals surface area contributed by atoms with E-state index in [0.717, 1.165) is 32.4 Å². The normalized spacial score (nSPS) is 27.8. The second-order valence-corrected chi connectivity index (χ2v) is 7.86. The Morgan fingerprint density at radius 2 is 2.00 bits per heavy atom. The molecule has 2 heterocycles. The largest absolute Gasteiger partial charge is 0.325 e. The number of nitrogens with zero attached hydrogens (tertiary/aromatic N) is 2. The van der Waals surface area contributed by atoms with Crippen LogP contribution in [0, 0.1) is 5.92 Å². The van der Waals surface area contributed by atoms with Gasteiger partial charge in [-0.2, -0.15) is 11.8 Å². The van der Waals surface area contributed by atoms with E-state index in [1.807, 2.05) is 11.8 Å². The average molecular weight is 314 g/mol. The first-order valence-corrected chi connectivity index (χ1v) is 9.64. The van der Waals surface area contributed by atoms with Crippen molar-refractivity contribution in [2.24, 2.45) is 5.92 Å². The molecule has 0 radical (unpaired) electrons. The summed E-state index contributed by atoms with van der Waals surface area (Å²) in [4.78, 5) is 17.2. The fourth-order valence-electron chi connectivity index (χ4n) is 3.22. The van der Waals surface area contributed by atoms with Crippen LogP contribution in [-0.2, 0) is 4.79 Å². The van der Waals surface area contributed by atoms with Crippen LogP contribution in [0.1, 0.15) is 40.0 Å². The lowest BCUT2D eigenvalue weighted by Crippen LogP contribution is -2.44. The maximum Gasteiger partial charge on any atom is 0.241 e. The minimum Gasteiger partial charge on any atom is -0.325 e. The fourth-order valence-corrected chi connectivity index (χ4v) is 4.20. The van der Waals surface area contributed by atoms with Gasteiger partial charge in [0.25, 0.3) is 0 Å². The van der Waals surface area contributed by atoms with Crippen molar-refractivity contribution in [1.29, 1.82) is 0 Å². The van der Waals surface area contributed by atoms with E-state index >= 15 is 0 Å². The first-order valence-electron chi connectivity index (χ1n) is 8.48. The molecule has 2 aliphatic heterocycles. The quantitative estimate of drug-likeness (QED) is 0.780. The number of hydrogen-bond acceptors (Lipinski definition) is 4. The minimum absolute atomic E-state index is 0.0515. The number of hydrogen-bond donors (Lipinski definition) is 1. The minimum atomic E-state index is 0.0515. The van der Waals surface area contributed by atoms with Gasteiger partial charge in [0.2, 0.25) is 5.91 Å². The third kappa shape index (κ3) is 4.86. The number of thioether (sulfide) groups is 1. The van der Waals surface area contributed by atoms with Crippen LogP contribution in [0.3, 0.4) is 0 Å². The van der Waals surface area contributed by atoms with Crippen molar-refractivity contribution in [3.05, 3.63) is 0 Å². The van der Waals surface area contributed by atoms with Crippen LogP contribution in [0.5, 0.6) is 0 Å². The highest BCUT2D eigenvalue weighted by molar-refractivity contribution is 7.99. The first-order chi connectivity index (χ1) is 10.1. The maximum absolute atomic E-state index is 12.6. The summed E-state index contributed by atoms with van der Waals surface area (Å²) in [5.41, 5.74) is 0. The van der Waals surface area contributed by atoms with Gasteiger partial charge in [-0.1, -0.05) is 27.2 Å². The molecule has 21 heavy (non-hydrogen) atoms. The monoisotopic (exact) mass is 313 g/mol. The number of carbonyl (C=O) groups is 1. The molecule has 0 aromatic rings. The Hall–Kier alpha value is -0.260. The zero-order chi connectivity index (χ0) is 15.2. The van der Waals surface area contributed by atoms with Crippen LogP contribution in [-0.4, -0.2) is 65.6 Å². The van der Waals surface area contributed by atoms with Crippen LogP contribution >= 0.6 is 11.8 Å². The number of amides is 1. The molecule has 2 saturated heterocycles. The topological polar surface area (TPSA) is 35.6 Å². The van der Waals surface area contributed by atoms with Crippen LogP contribution < -0.4 is 5.32 Å². The molecule has 2 unspecified atom stereocenters. The Morgan fingerprint density at radius 3 is 2.62 bits per heavy atom. The van der Waals surface area contributed by atoms with Gasteiger partial charge in [0.15, 0.2) is 0 Å². The molecule has 5 heteroatoms. The van der Waals surface area contributed by atoms with Crippen molar-refractivity contribution in [2.75, 3.05) is 37.7 Å². The first kappa shape index (κ1) is 17.1. The van der Waals surface area contributed by atoms with Gasteiger partial charge in [-0.05, 0) is 18.8 Å². The van der Waals surface area contributed by atoms with Gasteiger partial charge in [-0.25, -0.2) is 0 Å². The van der Waals surface area contributed by atoms with Gasteiger partial charge >= 0.3 is 0 Å². The van der Waals surface area contributed by atoms with E-state index < -0.39 is 0 Å². The van der Waals surface area contributed by atoms with Crippen molar-refractivity contribution in [2.45, 2.75) is 52.2 Å². The van der Waals surface area contributed by atoms with Crippen molar-refractivity contribution in [3.63, 3.8) is 0 Å². The van der Waals surface area contributed by atoms with Crippen LogP contribution in [0.25, 0.3) is 0 Å². The molecule has 4 nitrogen and oxygen atoms in total. The predicted octanol–water partition coefficient (Wildman–Crippen LogP) is 2.01. The summed E-state index contributed by atoms with van der Waals surface area (Å²) in [5.74, 6) is 3.42. The van der Waals surface area contributed by atoms with E-state index in [9.17, 15) is 4.79 Å². The molecule has 0 saturated carbocycles. The number of carbonyl (C=O) groups excluding carboxylic acids is 1. The highest BCUT2D eigenvalue weighted by Gasteiger charge is 2.38. The third-order valence-corrected chi connectivity index (χ3v) is 5.33. The Balaban J connectivity index is 1.90. The van der Waals surface area contributed by atoms with E-state index in [1.54, 1.807) is 0 Å². The number of rotatable bonds is 7. The molecular weight excluding hydrogens is 282 g/mol. The Bertz CT molecular complexity index is 331. The van der Waals surface area contributed by atoms with Gasteiger partial charge in [0.1, 0.15) is 0 Å². The smallest absolute Gasteiger partial charge is 0.241 e. The standard InChI is InChI=1S/C16H31N3OS/c1-4-5-14-16(20)19(15(17-14)12-13(2)3)7-6-18-8-10-21-11-9-18/h13-15,17H,4-12H2,1-3H3. The van der Waals surface area contributed by atoms with Crippen molar-refractivity contribution in [3.8, 4) is 0 Å². The molecule has 0 aromatic carbocycles. The van der Waals surface area contributed by atoms with Crippen LogP contribution in [0.2, 0.25) is 0 Å². The summed E-state index contributed by atoms with van der Waals surface area (Å²) in [7, 11) is 0. The molecule has 2 rings (SSSR count). The average Bonchev–Trinajstić information content (AvgIpc) is 2.74. The highest BCUT2D eigenvalue weighted by Crippen LogP contribution is 2.20. The van der Waals surface area contributed by atoms with Crippen molar-refractivity contribution >= 4 is 17.7 Å². The summed E-state index contributed by atoms with van der Waals surface area (Å²) in [6.07, 6.45) is 3.33. The summed E-state index contributed by atoms with van der Waals surface area (Å²) >= 11 is 2.04. The van der Waals surface area contributed by atoms with Crippen LogP contribution in [0.4, 0.5) is 0 Å². The maximum atomic E-state index is 12.6. The SMILES string of the molecule is CCCC1NC(CC(C)C)N(CCN2CCSCC2)C1=O. The lowest BCUT2D eigenvalue weighted by molar-refractivity contribution is -0.130. The predicted molar refractivity (Wildman–Crippen MR) is 90.6 cm³/mol. The molecule has 2 atom stereocenters. The van der Waals surface area contributed by atoms with Gasteiger partial charge in [0, 0.05) is 37.7 Å². The second-order valence-electron chi connectivity index (χ2n) is 6.64. The van der Waals surface area contributed by atoms with E-state index in [-0.39, 0.29) is 12.2 Å². The van der Waals surface area contributed by atoms with Gasteiger partial charge in [-0.15, -0.1) is 0 Å². The summed E-state index contributed by atoms with van der Waals surface area (Å²) < 4.78 is 0. The third-order valence-electron chi connectivity index (χ3n) is 4.38. The summed E-state index contributed by atoms with van der Waals surface area (Å²) in [6, 6.07) is 0.0515. The van der Waals surface area contributed by atoms with E-state index in [4.69, 9.17) is 0 Å². The molecule has 1 N–H and O–H groups in total. The zero-order valence-electron chi connectivity index (χ0n) is 13.8. The van der Waals surface area contributed by atoms with Crippen molar-refractivity contribution in [1.82, 2.24) is 15.1 Å². The van der Waals surface area contributed by atoms with E-state index in [1.165, 1.54) is 24.6 Å². The van der Waals surface area contributed by atoms with Gasteiger partial charge < -0.3 is 4.90 Å². The van der Waals surface area contributed by atoms with Gasteiger partial charge in [0.05, 0.1) is 12.2 Å². The molecule has 2 aliphatic rings. The zero-order valence-corrected chi connectivity index (χ0v) is 14.6. The summed E-state index contributed by atoms with van der Waals surface area (Å²) in [5, 5.41) is 3.56. The molecule has 122 valence electrons. The Labute approximate surface area is 134 Å². The second kappa shape index (κ2) is 8.39. The molecule has 0 spiro atoms.